The van der Waals surface area contributed by atoms with Crippen LogP contribution >= 0.6 is 0 Å². The largest absolute Gasteiger partial charge is 0.315 e. The van der Waals surface area contributed by atoms with E-state index in [0.717, 1.165) is 18.5 Å². The number of piperidine rings is 3. The van der Waals surface area contributed by atoms with Crippen LogP contribution in [0.25, 0.3) is 0 Å². The molecule has 0 aliphatic carbocycles. The van der Waals surface area contributed by atoms with E-state index in [1.807, 2.05) is 0 Å². The zero-order valence-electron chi connectivity index (χ0n) is 8.05. The van der Waals surface area contributed by atoms with Gasteiger partial charge in [0.25, 0.3) is 0 Å². The number of rotatable bonds is 3. The lowest BCUT2D eigenvalue weighted by atomic mass is 9.83. The molecule has 3 saturated heterocycles. The van der Waals surface area contributed by atoms with Crippen molar-refractivity contribution >= 4 is 0 Å². The predicted molar refractivity (Wildman–Crippen MR) is 51.2 cm³/mol. The maximum atomic E-state index is 3.46. The lowest BCUT2D eigenvalue weighted by Gasteiger charge is -2.45. The molecule has 3 heterocycles. The lowest BCUT2D eigenvalue weighted by molar-refractivity contribution is 0.0499. The van der Waals surface area contributed by atoms with E-state index in [1.165, 1.54) is 38.9 Å². The van der Waals surface area contributed by atoms with Gasteiger partial charge < -0.3 is 5.32 Å². The highest BCUT2D eigenvalue weighted by molar-refractivity contribution is 4.88. The number of nitrogens with zero attached hydrogens (tertiary/aromatic N) is 1. The first-order valence-electron chi connectivity index (χ1n) is 5.35. The van der Waals surface area contributed by atoms with E-state index in [9.17, 15) is 0 Å². The third-order valence-corrected chi connectivity index (χ3v) is 3.40. The van der Waals surface area contributed by atoms with Crippen LogP contribution in [0.15, 0.2) is 0 Å². The van der Waals surface area contributed by atoms with Crippen LogP contribution in [-0.4, -0.2) is 37.1 Å². The highest BCUT2D eigenvalue weighted by atomic mass is 15.2. The summed E-state index contributed by atoms with van der Waals surface area (Å²) in [6, 6.07) is 0.859. The van der Waals surface area contributed by atoms with Crippen LogP contribution in [0.5, 0.6) is 0 Å². The fraction of sp³-hybridized carbons (Fsp3) is 1.00. The molecule has 1 N–H and O–H groups in total. The van der Waals surface area contributed by atoms with Crippen LogP contribution in [-0.2, 0) is 0 Å². The van der Waals surface area contributed by atoms with Crippen LogP contribution in [0.1, 0.15) is 26.2 Å². The summed E-state index contributed by atoms with van der Waals surface area (Å²) in [5.41, 5.74) is 0. The van der Waals surface area contributed by atoms with Crippen LogP contribution in [0.2, 0.25) is 0 Å². The fourth-order valence-corrected chi connectivity index (χ4v) is 2.61. The van der Waals surface area contributed by atoms with Gasteiger partial charge in [-0.25, -0.2) is 0 Å². The second-order valence-electron chi connectivity index (χ2n) is 4.18. The minimum absolute atomic E-state index is 0.859. The molecule has 2 nitrogen and oxygen atoms in total. The topological polar surface area (TPSA) is 15.3 Å². The Labute approximate surface area is 75.3 Å². The molecule has 3 aliphatic rings. The van der Waals surface area contributed by atoms with E-state index in [1.54, 1.807) is 0 Å². The second kappa shape index (κ2) is 3.75. The van der Waals surface area contributed by atoms with Crippen LogP contribution in [0.4, 0.5) is 0 Å². The van der Waals surface area contributed by atoms with Gasteiger partial charge in [0, 0.05) is 12.6 Å². The van der Waals surface area contributed by atoms with Gasteiger partial charge in [0.05, 0.1) is 0 Å². The molecule has 0 aromatic carbocycles. The van der Waals surface area contributed by atoms with Crippen molar-refractivity contribution in [2.75, 3.05) is 26.2 Å². The van der Waals surface area contributed by atoms with Gasteiger partial charge in [-0.05, 0) is 44.8 Å². The first-order chi connectivity index (χ1) is 5.90. The Balaban J connectivity index is 1.82. The number of nitrogens with one attached hydrogen (secondary N) is 1. The Morgan fingerprint density at radius 2 is 2.08 bits per heavy atom. The maximum absolute atomic E-state index is 3.46. The maximum Gasteiger partial charge on any atom is 0.0223 e. The monoisotopic (exact) mass is 168 g/mol. The Morgan fingerprint density at radius 3 is 2.58 bits per heavy atom. The van der Waals surface area contributed by atoms with Crippen molar-refractivity contribution in [2.24, 2.45) is 5.92 Å². The Bertz CT molecular complexity index is 139. The quantitative estimate of drug-likeness (QED) is 0.678. The van der Waals surface area contributed by atoms with E-state index in [2.05, 4.69) is 17.1 Å². The van der Waals surface area contributed by atoms with Gasteiger partial charge in [-0.3, -0.25) is 4.90 Å². The van der Waals surface area contributed by atoms with Crippen LogP contribution in [0, 0.1) is 5.92 Å². The zero-order chi connectivity index (χ0) is 8.39. The zero-order valence-corrected chi connectivity index (χ0v) is 8.05. The molecule has 3 fully saturated rings. The highest BCUT2D eigenvalue weighted by Crippen LogP contribution is 2.31. The minimum atomic E-state index is 0.859. The first kappa shape index (κ1) is 8.52. The summed E-state index contributed by atoms with van der Waals surface area (Å²) in [6.45, 7) is 7.25. The molecule has 1 atom stereocenters. The van der Waals surface area contributed by atoms with Crippen molar-refractivity contribution in [1.82, 2.24) is 10.2 Å². The van der Waals surface area contributed by atoms with Crippen molar-refractivity contribution < 1.29 is 0 Å². The average molecular weight is 168 g/mol. The molecule has 0 radical (unpaired) electrons. The molecule has 70 valence electrons. The molecule has 0 spiro atoms. The number of likely N-dealkylation sites (N-methyl/N-ethyl adjacent to an activating group) is 1. The summed E-state index contributed by atoms with van der Waals surface area (Å²) in [4.78, 5) is 2.67. The first-order valence-corrected chi connectivity index (χ1v) is 5.35. The van der Waals surface area contributed by atoms with Crippen molar-refractivity contribution in [1.29, 1.82) is 0 Å². The molecule has 1 unspecified atom stereocenters. The molecular formula is C10H20N2. The summed E-state index contributed by atoms with van der Waals surface area (Å²) in [5, 5.41) is 3.46. The minimum Gasteiger partial charge on any atom is -0.315 e. The summed E-state index contributed by atoms with van der Waals surface area (Å²) in [7, 11) is 0. The smallest absolute Gasteiger partial charge is 0.0223 e. The van der Waals surface area contributed by atoms with E-state index < -0.39 is 0 Å². The van der Waals surface area contributed by atoms with Gasteiger partial charge in [-0.2, -0.15) is 0 Å². The molecule has 3 rings (SSSR count). The van der Waals surface area contributed by atoms with Gasteiger partial charge in [-0.15, -0.1) is 0 Å². The van der Waals surface area contributed by atoms with Crippen LogP contribution in [0.3, 0.4) is 0 Å². The third-order valence-electron chi connectivity index (χ3n) is 3.40. The predicted octanol–water partition coefficient (Wildman–Crippen LogP) is 1.08. The number of hydrogen-bond donors (Lipinski definition) is 1. The molecule has 0 amide bonds. The van der Waals surface area contributed by atoms with Crippen molar-refractivity contribution in [3.05, 3.63) is 0 Å². The van der Waals surface area contributed by atoms with E-state index in [0.29, 0.717) is 0 Å². The molecule has 12 heavy (non-hydrogen) atoms. The van der Waals surface area contributed by atoms with Gasteiger partial charge in [-0.1, -0.05) is 6.92 Å². The molecule has 2 heteroatoms. The second-order valence-corrected chi connectivity index (χ2v) is 4.18. The normalized spacial score (nSPS) is 40.2. The van der Waals surface area contributed by atoms with Crippen molar-refractivity contribution in [2.45, 2.75) is 32.2 Å². The molecule has 0 saturated carbocycles. The summed E-state index contributed by atoms with van der Waals surface area (Å²) in [5.74, 6) is 1.05. The number of hydrogen-bond acceptors (Lipinski definition) is 2. The Hall–Kier alpha value is -0.0800. The van der Waals surface area contributed by atoms with Crippen molar-refractivity contribution in [3.8, 4) is 0 Å². The van der Waals surface area contributed by atoms with Gasteiger partial charge >= 0.3 is 0 Å². The average Bonchev–Trinajstić information content (AvgIpc) is 2.17. The molecule has 2 bridgehead atoms. The van der Waals surface area contributed by atoms with Gasteiger partial charge in [0.1, 0.15) is 0 Å². The number of fused-ring (bicyclic) bond motifs is 3. The van der Waals surface area contributed by atoms with E-state index >= 15 is 0 Å². The molecule has 0 aromatic heterocycles. The standard InChI is InChI=1S/C10H20N2/c1-2-11-8-10-7-9-3-5-12(10)6-4-9/h9-11H,2-8H2,1H3. The fourth-order valence-electron chi connectivity index (χ4n) is 2.61. The van der Waals surface area contributed by atoms with Gasteiger partial charge in [0.15, 0.2) is 0 Å². The van der Waals surface area contributed by atoms with Gasteiger partial charge in [0.2, 0.25) is 0 Å². The summed E-state index contributed by atoms with van der Waals surface area (Å²) < 4.78 is 0. The molecular weight excluding hydrogens is 148 g/mol. The third kappa shape index (κ3) is 1.64. The van der Waals surface area contributed by atoms with Crippen molar-refractivity contribution in [3.63, 3.8) is 0 Å². The molecule has 3 aliphatic heterocycles. The lowest BCUT2D eigenvalue weighted by Crippen LogP contribution is -2.52. The Morgan fingerprint density at radius 1 is 1.33 bits per heavy atom. The SMILES string of the molecule is CCNCC1CC2CCN1CC2. The highest BCUT2D eigenvalue weighted by Gasteiger charge is 2.32. The Kier molecular flexibility index (Phi) is 2.66. The molecule has 0 aromatic rings. The van der Waals surface area contributed by atoms with Crippen LogP contribution < -0.4 is 5.32 Å². The summed E-state index contributed by atoms with van der Waals surface area (Å²) >= 11 is 0. The summed E-state index contributed by atoms with van der Waals surface area (Å²) in [6.07, 6.45) is 4.37. The van der Waals surface area contributed by atoms with E-state index in [4.69, 9.17) is 0 Å². The van der Waals surface area contributed by atoms with E-state index in [-0.39, 0.29) is 0 Å².